The monoisotopic (exact) mass is 330 g/mol. The zero-order valence-corrected chi connectivity index (χ0v) is 13.2. The molecule has 4 nitrogen and oxygen atoms in total. The minimum atomic E-state index is -4.44. The Bertz CT molecular complexity index is 573. The van der Waals surface area contributed by atoms with Crippen LogP contribution in [0.3, 0.4) is 0 Å². The van der Waals surface area contributed by atoms with E-state index < -0.39 is 17.3 Å². The maximum Gasteiger partial charge on any atom is 0.416 e. The molecule has 1 aromatic rings. The lowest BCUT2D eigenvalue weighted by Crippen LogP contribution is -2.49. The van der Waals surface area contributed by atoms with Crippen molar-refractivity contribution in [3.8, 4) is 0 Å². The van der Waals surface area contributed by atoms with Crippen LogP contribution in [0.2, 0.25) is 0 Å². The molecule has 0 spiro atoms. The van der Waals surface area contributed by atoms with Gasteiger partial charge in [0.15, 0.2) is 0 Å². The van der Waals surface area contributed by atoms with Crippen molar-refractivity contribution in [1.82, 2.24) is 10.2 Å². The highest BCUT2D eigenvalue weighted by molar-refractivity contribution is 5.76. The Morgan fingerprint density at radius 3 is 2.61 bits per heavy atom. The van der Waals surface area contributed by atoms with Crippen LogP contribution in [-0.2, 0) is 16.6 Å². The van der Waals surface area contributed by atoms with Crippen LogP contribution < -0.4 is 5.32 Å². The maximum absolute atomic E-state index is 12.8. The summed E-state index contributed by atoms with van der Waals surface area (Å²) in [6.45, 7) is 2.12. The van der Waals surface area contributed by atoms with Crippen molar-refractivity contribution in [2.24, 2.45) is 0 Å². The number of rotatable bonds is 4. The summed E-state index contributed by atoms with van der Waals surface area (Å²) in [6, 6.07) is 4.75. The van der Waals surface area contributed by atoms with E-state index in [0.29, 0.717) is 19.4 Å². The largest absolute Gasteiger partial charge is 0.416 e. The predicted molar refractivity (Wildman–Crippen MR) is 79.7 cm³/mol. The average molecular weight is 330 g/mol. The van der Waals surface area contributed by atoms with Gasteiger partial charge in [0, 0.05) is 32.6 Å². The van der Waals surface area contributed by atoms with Gasteiger partial charge in [-0.1, -0.05) is 12.1 Å². The lowest BCUT2D eigenvalue weighted by Gasteiger charge is -2.33. The van der Waals surface area contributed by atoms with Crippen LogP contribution in [0.1, 0.15) is 30.9 Å². The quantitative estimate of drug-likeness (QED) is 0.889. The Labute approximate surface area is 133 Å². The standard InChI is InChI=1S/C16H21F3N2O2/c1-15(23,10-20-13-6-7-14(22)21(2)9-13)11-4-3-5-12(8-11)16(17,18)19/h3-5,8,13,20,23H,6-7,9-10H2,1-2H3. The molecular weight excluding hydrogens is 309 g/mol. The first-order valence-corrected chi connectivity index (χ1v) is 7.47. The topological polar surface area (TPSA) is 52.6 Å². The Balaban J connectivity index is 2.03. The summed E-state index contributed by atoms with van der Waals surface area (Å²) in [6.07, 6.45) is -3.35. The molecule has 7 heteroatoms. The van der Waals surface area contributed by atoms with Crippen LogP contribution in [0.15, 0.2) is 24.3 Å². The van der Waals surface area contributed by atoms with Gasteiger partial charge < -0.3 is 15.3 Å². The molecular formula is C16H21F3N2O2. The van der Waals surface area contributed by atoms with Gasteiger partial charge in [-0.3, -0.25) is 4.79 Å². The molecule has 1 saturated heterocycles. The van der Waals surface area contributed by atoms with Gasteiger partial charge >= 0.3 is 6.18 Å². The summed E-state index contributed by atoms with van der Waals surface area (Å²) in [7, 11) is 1.71. The molecule has 1 aliphatic heterocycles. The molecule has 23 heavy (non-hydrogen) atoms. The lowest BCUT2D eigenvalue weighted by atomic mass is 9.93. The number of hydrogen-bond acceptors (Lipinski definition) is 3. The van der Waals surface area contributed by atoms with Crippen LogP contribution in [-0.4, -0.2) is 42.1 Å². The first-order chi connectivity index (χ1) is 10.6. The maximum atomic E-state index is 12.8. The zero-order valence-electron chi connectivity index (χ0n) is 13.2. The number of carbonyl (C=O) groups is 1. The van der Waals surface area contributed by atoms with Gasteiger partial charge in [-0.25, -0.2) is 0 Å². The lowest BCUT2D eigenvalue weighted by molar-refractivity contribution is -0.137. The third kappa shape index (κ3) is 4.45. The highest BCUT2D eigenvalue weighted by Gasteiger charge is 2.33. The number of aliphatic hydroxyl groups is 1. The van der Waals surface area contributed by atoms with Crippen LogP contribution >= 0.6 is 0 Å². The van der Waals surface area contributed by atoms with Gasteiger partial charge in [0.25, 0.3) is 0 Å². The first-order valence-electron chi connectivity index (χ1n) is 7.47. The van der Waals surface area contributed by atoms with Gasteiger partial charge in [-0.05, 0) is 31.0 Å². The van der Waals surface area contributed by atoms with Crippen molar-refractivity contribution in [1.29, 1.82) is 0 Å². The van der Waals surface area contributed by atoms with Crippen molar-refractivity contribution in [3.63, 3.8) is 0 Å². The second kappa shape index (κ2) is 6.49. The van der Waals surface area contributed by atoms with Gasteiger partial charge in [0.2, 0.25) is 5.91 Å². The molecule has 128 valence electrons. The van der Waals surface area contributed by atoms with Crippen molar-refractivity contribution >= 4 is 5.91 Å². The number of nitrogens with one attached hydrogen (secondary N) is 1. The molecule has 1 aliphatic rings. The summed E-state index contributed by atoms with van der Waals surface area (Å²) < 4.78 is 38.3. The molecule has 1 amide bonds. The fourth-order valence-electron chi connectivity index (χ4n) is 2.65. The van der Waals surface area contributed by atoms with Gasteiger partial charge in [-0.15, -0.1) is 0 Å². The molecule has 2 atom stereocenters. The molecule has 2 rings (SSSR count). The van der Waals surface area contributed by atoms with E-state index >= 15 is 0 Å². The van der Waals surface area contributed by atoms with E-state index in [1.54, 1.807) is 11.9 Å². The van der Waals surface area contributed by atoms with Gasteiger partial charge in [0.1, 0.15) is 0 Å². The summed E-state index contributed by atoms with van der Waals surface area (Å²) in [5, 5.41) is 13.7. The third-order valence-corrected chi connectivity index (χ3v) is 4.17. The minimum Gasteiger partial charge on any atom is -0.384 e. The van der Waals surface area contributed by atoms with Crippen LogP contribution in [0.25, 0.3) is 0 Å². The van der Waals surface area contributed by atoms with Crippen LogP contribution in [0.5, 0.6) is 0 Å². The molecule has 1 heterocycles. The zero-order chi connectivity index (χ0) is 17.3. The SMILES string of the molecule is CN1CC(NCC(C)(O)c2cccc(C(F)(F)F)c2)CCC1=O. The van der Waals surface area contributed by atoms with Crippen molar-refractivity contribution in [2.75, 3.05) is 20.1 Å². The number of amides is 1. The number of nitrogens with zero attached hydrogens (tertiary/aromatic N) is 1. The summed E-state index contributed by atoms with van der Waals surface area (Å²) >= 11 is 0. The molecule has 0 aliphatic carbocycles. The highest BCUT2D eigenvalue weighted by Crippen LogP contribution is 2.32. The van der Waals surface area contributed by atoms with Crippen molar-refractivity contribution < 1.29 is 23.1 Å². The van der Waals surface area contributed by atoms with E-state index in [1.165, 1.54) is 19.1 Å². The van der Waals surface area contributed by atoms with E-state index in [2.05, 4.69) is 5.32 Å². The summed E-state index contributed by atoms with van der Waals surface area (Å²) in [4.78, 5) is 13.0. The Kier molecular flexibility index (Phi) is 5.01. The molecule has 1 fully saturated rings. The number of likely N-dealkylation sites (tertiary alicyclic amines) is 1. The minimum absolute atomic E-state index is 0.0231. The van der Waals surface area contributed by atoms with E-state index in [4.69, 9.17) is 0 Å². The number of hydrogen-bond donors (Lipinski definition) is 2. The van der Waals surface area contributed by atoms with E-state index in [9.17, 15) is 23.1 Å². The van der Waals surface area contributed by atoms with Crippen LogP contribution in [0, 0.1) is 0 Å². The normalized spacial score (nSPS) is 22.1. The molecule has 1 aromatic carbocycles. The van der Waals surface area contributed by atoms with Crippen LogP contribution in [0.4, 0.5) is 13.2 Å². The molecule has 0 aromatic heterocycles. The fraction of sp³-hybridized carbons (Fsp3) is 0.562. The van der Waals surface area contributed by atoms with E-state index in [1.807, 2.05) is 0 Å². The molecule has 2 N–H and O–H groups in total. The van der Waals surface area contributed by atoms with E-state index in [0.717, 1.165) is 12.1 Å². The molecule has 0 bridgehead atoms. The second-order valence-corrected chi connectivity index (χ2v) is 6.24. The number of piperidine rings is 1. The number of halogens is 3. The van der Waals surface area contributed by atoms with Gasteiger partial charge in [0.05, 0.1) is 11.2 Å². The third-order valence-electron chi connectivity index (χ3n) is 4.17. The number of benzene rings is 1. The Morgan fingerprint density at radius 1 is 1.35 bits per heavy atom. The molecule has 2 unspecified atom stereocenters. The second-order valence-electron chi connectivity index (χ2n) is 6.24. The summed E-state index contributed by atoms with van der Waals surface area (Å²) in [5.74, 6) is 0.0766. The average Bonchev–Trinajstić information content (AvgIpc) is 2.48. The van der Waals surface area contributed by atoms with Crippen molar-refractivity contribution in [3.05, 3.63) is 35.4 Å². The van der Waals surface area contributed by atoms with E-state index in [-0.39, 0.29) is 24.1 Å². The highest BCUT2D eigenvalue weighted by atomic mass is 19.4. The van der Waals surface area contributed by atoms with Crippen molar-refractivity contribution in [2.45, 2.75) is 37.6 Å². The number of likely N-dealkylation sites (N-methyl/N-ethyl adjacent to an activating group) is 1. The fourth-order valence-corrected chi connectivity index (χ4v) is 2.65. The Hall–Kier alpha value is -1.60. The smallest absolute Gasteiger partial charge is 0.384 e. The number of alkyl halides is 3. The first kappa shape index (κ1) is 17.7. The van der Waals surface area contributed by atoms with Gasteiger partial charge in [-0.2, -0.15) is 13.2 Å². The Morgan fingerprint density at radius 2 is 2.00 bits per heavy atom. The molecule has 0 radical (unpaired) electrons. The summed E-state index contributed by atoms with van der Waals surface area (Å²) in [5.41, 5.74) is -2.00. The number of carbonyl (C=O) groups excluding carboxylic acids is 1. The predicted octanol–water partition coefficient (Wildman–Crippen LogP) is 2.12. The molecule has 0 saturated carbocycles.